The first kappa shape index (κ1) is 12.3. The van der Waals surface area contributed by atoms with E-state index in [0.29, 0.717) is 5.56 Å². The van der Waals surface area contributed by atoms with Crippen LogP contribution in [0.2, 0.25) is 0 Å². The summed E-state index contributed by atoms with van der Waals surface area (Å²) in [5.41, 5.74) is 0.339. The van der Waals surface area contributed by atoms with Crippen molar-refractivity contribution in [1.82, 2.24) is 4.90 Å². The van der Waals surface area contributed by atoms with Crippen LogP contribution < -0.4 is 0 Å². The Bertz CT molecular complexity index is 381. The van der Waals surface area contributed by atoms with Gasteiger partial charge in [-0.3, -0.25) is 4.79 Å². The molecule has 0 aliphatic carbocycles. The highest BCUT2D eigenvalue weighted by Crippen LogP contribution is 2.16. The third-order valence-electron chi connectivity index (χ3n) is 2.42. The molecule has 0 atom stereocenters. The molecule has 0 unspecified atom stereocenters. The summed E-state index contributed by atoms with van der Waals surface area (Å²) in [6, 6.07) is 6.56. The van der Waals surface area contributed by atoms with Gasteiger partial charge < -0.3 is 10.0 Å². The van der Waals surface area contributed by atoms with E-state index in [2.05, 4.69) is 0 Å². The molecule has 0 radical (unpaired) electrons. The van der Waals surface area contributed by atoms with E-state index in [1.807, 2.05) is 18.7 Å². The van der Waals surface area contributed by atoms with Crippen molar-refractivity contribution >= 4 is 5.78 Å². The summed E-state index contributed by atoms with van der Waals surface area (Å²) in [5.74, 6) is -0.151. The van der Waals surface area contributed by atoms with Gasteiger partial charge in [0, 0.05) is 25.4 Å². The smallest absolute Gasteiger partial charge is 0.190 e. The SMILES string of the molecule is CCN(C=CC(=O)c1ccccc1O)CC. The topological polar surface area (TPSA) is 40.5 Å². The van der Waals surface area contributed by atoms with Gasteiger partial charge in [-0.1, -0.05) is 12.1 Å². The van der Waals surface area contributed by atoms with Crippen molar-refractivity contribution in [3.05, 3.63) is 42.1 Å². The zero-order valence-electron chi connectivity index (χ0n) is 9.68. The molecule has 0 amide bonds. The van der Waals surface area contributed by atoms with Crippen molar-refractivity contribution in [3.8, 4) is 5.75 Å². The van der Waals surface area contributed by atoms with Gasteiger partial charge in [-0.25, -0.2) is 0 Å². The first-order valence-electron chi connectivity index (χ1n) is 5.43. The summed E-state index contributed by atoms with van der Waals surface area (Å²) in [4.78, 5) is 13.7. The molecule has 0 heterocycles. The van der Waals surface area contributed by atoms with Gasteiger partial charge >= 0.3 is 0 Å². The molecule has 16 heavy (non-hydrogen) atoms. The average molecular weight is 219 g/mol. The van der Waals surface area contributed by atoms with E-state index in [1.165, 1.54) is 12.1 Å². The summed E-state index contributed by atoms with van der Waals surface area (Å²) < 4.78 is 0. The van der Waals surface area contributed by atoms with E-state index in [4.69, 9.17) is 0 Å². The van der Waals surface area contributed by atoms with E-state index in [0.717, 1.165) is 13.1 Å². The number of nitrogens with zero attached hydrogens (tertiary/aromatic N) is 1. The first-order chi connectivity index (χ1) is 7.69. The maximum atomic E-state index is 11.7. The highest BCUT2D eigenvalue weighted by molar-refractivity contribution is 6.06. The highest BCUT2D eigenvalue weighted by Gasteiger charge is 2.06. The largest absolute Gasteiger partial charge is 0.507 e. The zero-order valence-corrected chi connectivity index (χ0v) is 9.68. The molecule has 0 aromatic heterocycles. The van der Waals surface area contributed by atoms with E-state index in [-0.39, 0.29) is 11.5 Å². The summed E-state index contributed by atoms with van der Waals surface area (Å²) in [7, 11) is 0. The van der Waals surface area contributed by atoms with Crippen LogP contribution in [-0.4, -0.2) is 28.9 Å². The lowest BCUT2D eigenvalue weighted by atomic mass is 10.1. The number of para-hydroxylation sites is 1. The Hall–Kier alpha value is -1.77. The molecule has 3 nitrogen and oxygen atoms in total. The van der Waals surface area contributed by atoms with Crippen LogP contribution in [0, 0.1) is 0 Å². The summed E-state index contributed by atoms with van der Waals surface area (Å²) in [5, 5.41) is 9.49. The number of hydrogen-bond donors (Lipinski definition) is 1. The van der Waals surface area contributed by atoms with Gasteiger partial charge in [0.25, 0.3) is 0 Å². The zero-order chi connectivity index (χ0) is 12.0. The van der Waals surface area contributed by atoms with Crippen LogP contribution in [0.3, 0.4) is 0 Å². The van der Waals surface area contributed by atoms with E-state index in [9.17, 15) is 9.90 Å². The Morgan fingerprint density at radius 2 is 1.94 bits per heavy atom. The molecule has 1 aromatic rings. The Balaban J connectivity index is 2.76. The predicted molar refractivity (Wildman–Crippen MR) is 64.5 cm³/mol. The second kappa shape index (κ2) is 5.95. The normalized spacial score (nSPS) is 10.6. The molecule has 0 fully saturated rings. The third kappa shape index (κ3) is 3.12. The van der Waals surface area contributed by atoms with Crippen LogP contribution in [0.4, 0.5) is 0 Å². The van der Waals surface area contributed by atoms with E-state index >= 15 is 0 Å². The fourth-order valence-electron chi connectivity index (χ4n) is 1.38. The van der Waals surface area contributed by atoms with Gasteiger partial charge in [0.05, 0.1) is 5.56 Å². The van der Waals surface area contributed by atoms with Crippen LogP contribution in [0.15, 0.2) is 36.5 Å². The van der Waals surface area contributed by atoms with Crippen molar-refractivity contribution in [3.63, 3.8) is 0 Å². The second-order valence-electron chi connectivity index (χ2n) is 3.42. The van der Waals surface area contributed by atoms with Crippen LogP contribution >= 0.6 is 0 Å². The van der Waals surface area contributed by atoms with Crippen molar-refractivity contribution in [1.29, 1.82) is 0 Å². The monoisotopic (exact) mass is 219 g/mol. The summed E-state index contributed by atoms with van der Waals surface area (Å²) in [6.07, 6.45) is 3.25. The fraction of sp³-hybridized carbons (Fsp3) is 0.308. The molecule has 1 rings (SSSR count). The number of carbonyl (C=O) groups excluding carboxylic acids is 1. The quantitative estimate of drug-likeness (QED) is 0.610. The molecule has 0 spiro atoms. The second-order valence-corrected chi connectivity index (χ2v) is 3.42. The number of ketones is 1. The Labute approximate surface area is 96.0 Å². The van der Waals surface area contributed by atoms with Crippen molar-refractivity contribution in [2.24, 2.45) is 0 Å². The number of aromatic hydroxyl groups is 1. The molecule has 0 aliphatic heterocycles. The van der Waals surface area contributed by atoms with Gasteiger partial charge in [-0.15, -0.1) is 0 Å². The first-order valence-corrected chi connectivity index (χ1v) is 5.43. The fourth-order valence-corrected chi connectivity index (χ4v) is 1.38. The van der Waals surface area contributed by atoms with Gasteiger partial charge in [-0.05, 0) is 26.0 Å². The number of hydrogen-bond acceptors (Lipinski definition) is 3. The number of phenolic OH excluding ortho intramolecular Hbond substituents is 1. The van der Waals surface area contributed by atoms with Crippen LogP contribution in [0.5, 0.6) is 5.75 Å². The Morgan fingerprint density at radius 3 is 2.50 bits per heavy atom. The molecule has 0 saturated carbocycles. The number of benzene rings is 1. The summed E-state index contributed by atoms with van der Waals surface area (Å²) >= 11 is 0. The minimum Gasteiger partial charge on any atom is -0.507 e. The molecule has 0 aliphatic rings. The predicted octanol–water partition coefficient (Wildman–Crippen LogP) is 2.43. The molecular formula is C13H17NO2. The highest BCUT2D eigenvalue weighted by atomic mass is 16.3. The van der Waals surface area contributed by atoms with E-state index in [1.54, 1.807) is 24.4 Å². The van der Waals surface area contributed by atoms with Crippen LogP contribution in [0.25, 0.3) is 0 Å². The lowest BCUT2D eigenvalue weighted by Gasteiger charge is -2.14. The van der Waals surface area contributed by atoms with Crippen LogP contribution in [-0.2, 0) is 0 Å². The Morgan fingerprint density at radius 1 is 1.31 bits per heavy atom. The Kier molecular flexibility index (Phi) is 4.58. The van der Waals surface area contributed by atoms with E-state index < -0.39 is 0 Å². The van der Waals surface area contributed by atoms with Gasteiger partial charge in [-0.2, -0.15) is 0 Å². The van der Waals surface area contributed by atoms with Crippen molar-refractivity contribution in [2.45, 2.75) is 13.8 Å². The minimum atomic E-state index is -0.176. The molecule has 3 heteroatoms. The third-order valence-corrected chi connectivity index (χ3v) is 2.42. The number of rotatable bonds is 5. The molecule has 0 saturated heterocycles. The van der Waals surface area contributed by atoms with Gasteiger partial charge in [0.2, 0.25) is 0 Å². The summed E-state index contributed by atoms with van der Waals surface area (Å²) in [6.45, 7) is 5.78. The average Bonchev–Trinajstić information content (AvgIpc) is 2.30. The molecule has 1 N–H and O–H groups in total. The lowest BCUT2D eigenvalue weighted by Crippen LogP contribution is -2.15. The lowest BCUT2D eigenvalue weighted by molar-refractivity contribution is 0.104. The minimum absolute atomic E-state index is 0.0247. The van der Waals surface area contributed by atoms with Crippen LogP contribution in [0.1, 0.15) is 24.2 Å². The number of allylic oxidation sites excluding steroid dienone is 1. The molecular weight excluding hydrogens is 202 g/mol. The number of carbonyl (C=O) groups is 1. The van der Waals surface area contributed by atoms with Crippen molar-refractivity contribution < 1.29 is 9.90 Å². The van der Waals surface area contributed by atoms with Gasteiger partial charge in [0.1, 0.15) is 5.75 Å². The molecule has 0 bridgehead atoms. The number of phenols is 1. The van der Waals surface area contributed by atoms with Gasteiger partial charge in [0.15, 0.2) is 5.78 Å². The molecule has 1 aromatic carbocycles. The molecule has 86 valence electrons. The maximum absolute atomic E-state index is 11.7. The van der Waals surface area contributed by atoms with Crippen molar-refractivity contribution in [2.75, 3.05) is 13.1 Å². The maximum Gasteiger partial charge on any atom is 0.190 e. The standard InChI is InChI=1S/C13H17NO2/c1-3-14(4-2)10-9-13(16)11-7-5-6-8-12(11)15/h5-10,15H,3-4H2,1-2H3.